The summed E-state index contributed by atoms with van der Waals surface area (Å²) in [6.45, 7) is 7.51. The third-order valence-corrected chi connectivity index (χ3v) is 5.25. The molecule has 0 spiro atoms. The molecule has 1 atom stereocenters. The molecule has 0 aliphatic carbocycles. The summed E-state index contributed by atoms with van der Waals surface area (Å²) in [5.41, 5.74) is 3.50. The van der Waals surface area contributed by atoms with Gasteiger partial charge in [-0.3, -0.25) is 4.79 Å². The summed E-state index contributed by atoms with van der Waals surface area (Å²) in [4.78, 5) is 25.2. The van der Waals surface area contributed by atoms with Gasteiger partial charge in [-0.25, -0.2) is 4.79 Å². The van der Waals surface area contributed by atoms with Crippen molar-refractivity contribution in [1.82, 2.24) is 5.16 Å². The molecule has 1 aromatic heterocycles. The van der Waals surface area contributed by atoms with Crippen molar-refractivity contribution >= 4 is 11.8 Å². The number of carbonyl (C=O) groups excluding carboxylic acids is 2. The van der Waals surface area contributed by atoms with Gasteiger partial charge in [-0.15, -0.1) is 0 Å². The Morgan fingerprint density at radius 1 is 1.03 bits per heavy atom. The van der Waals surface area contributed by atoms with Crippen LogP contribution in [0, 0.1) is 13.8 Å². The first-order valence-electron chi connectivity index (χ1n) is 10.4. The molecule has 7 heteroatoms. The second-order valence-electron chi connectivity index (χ2n) is 7.42. The third-order valence-electron chi connectivity index (χ3n) is 5.25. The fourth-order valence-corrected chi connectivity index (χ4v) is 3.19. The maximum absolute atomic E-state index is 12.6. The molecule has 3 rings (SSSR count). The quantitative estimate of drug-likeness (QED) is 0.349. The maximum Gasteiger partial charge on any atom is 0.338 e. The Balaban J connectivity index is 1.67. The molecule has 168 valence electrons. The van der Waals surface area contributed by atoms with E-state index in [4.69, 9.17) is 18.7 Å². The van der Waals surface area contributed by atoms with Gasteiger partial charge in [-0.1, -0.05) is 36.3 Å². The average Bonchev–Trinajstić information content (AvgIpc) is 3.13. The molecule has 32 heavy (non-hydrogen) atoms. The fraction of sp³-hybridized carbons (Fsp3) is 0.320. The van der Waals surface area contributed by atoms with Gasteiger partial charge in [0.25, 0.3) is 0 Å². The van der Waals surface area contributed by atoms with Gasteiger partial charge in [0.15, 0.2) is 17.6 Å². The van der Waals surface area contributed by atoms with Crippen molar-refractivity contribution in [3.8, 4) is 11.5 Å². The van der Waals surface area contributed by atoms with Gasteiger partial charge < -0.3 is 18.7 Å². The number of ether oxygens (including phenoxy) is 3. The van der Waals surface area contributed by atoms with Gasteiger partial charge in [0.2, 0.25) is 5.78 Å². The lowest BCUT2D eigenvalue weighted by Crippen LogP contribution is -2.24. The number of hydrogen-bond donors (Lipinski definition) is 0. The number of Topliss-reactive ketones (excluding diaryl/α,β-unsaturated/α-hetero) is 1. The molecule has 0 aliphatic heterocycles. The second-order valence-corrected chi connectivity index (χ2v) is 7.42. The average molecular weight is 437 g/mol. The zero-order valence-corrected chi connectivity index (χ0v) is 18.9. The topological polar surface area (TPSA) is 87.9 Å². The van der Waals surface area contributed by atoms with E-state index in [1.165, 1.54) is 13.2 Å². The van der Waals surface area contributed by atoms with Crippen LogP contribution in [0.15, 0.2) is 47.0 Å². The molecule has 0 bridgehead atoms. The molecule has 0 amide bonds. The Labute approximate surface area is 187 Å². The minimum Gasteiger partial charge on any atom is -0.493 e. The van der Waals surface area contributed by atoms with Crippen molar-refractivity contribution in [2.24, 2.45) is 0 Å². The third kappa shape index (κ3) is 5.17. The number of carbonyl (C=O) groups is 2. The van der Waals surface area contributed by atoms with Crippen LogP contribution in [0.25, 0.3) is 0 Å². The summed E-state index contributed by atoms with van der Waals surface area (Å²) in [5.74, 6) is 0.646. The highest BCUT2D eigenvalue weighted by molar-refractivity contribution is 6.01. The summed E-state index contributed by atoms with van der Waals surface area (Å²) in [7, 11) is 1.49. The lowest BCUT2D eigenvalue weighted by molar-refractivity contribution is 0.0318. The highest BCUT2D eigenvalue weighted by Crippen LogP contribution is 2.30. The van der Waals surface area contributed by atoms with E-state index in [1.807, 2.05) is 32.9 Å². The van der Waals surface area contributed by atoms with E-state index in [-0.39, 0.29) is 18.0 Å². The number of aryl methyl sites for hydroxylation is 3. The molecule has 1 heterocycles. The molecule has 0 unspecified atom stereocenters. The van der Waals surface area contributed by atoms with Crippen molar-refractivity contribution in [2.45, 2.75) is 46.8 Å². The molecule has 0 radical (unpaired) electrons. The molecule has 0 saturated carbocycles. The van der Waals surface area contributed by atoms with Crippen LogP contribution in [0.5, 0.6) is 11.5 Å². The molecule has 0 N–H and O–H groups in total. The number of rotatable bonds is 9. The predicted octanol–water partition coefficient (Wildman–Crippen LogP) is 4.87. The van der Waals surface area contributed by atoms with Crippen LogP contribution in [-0.4, -0.2) is 30.1 Å². The molecule has 7 nitrogen and oxygen atoms in total. The smallest absolute Gasteiger partial charge is 0.338 e. The van der Waals surface area contributed by atoms with Crippen LogP contribution in [0.3, 0.4) is 0 Å². The number of hydrogen-bond acceptors (Lipinski definition) is 7. The summed E-state index contributed by atoms with van der Waals surface area (Å²) in [6.07, 6.45) is -0.0323. The van der Waals surface area contributed by atoms with E-state index < -0.39 is 12.1 Å². The molecule has 0 saturated heterocycles. The second kappa shape index (κ2) is 10.1. The summed E-state index contributed by atoms with van der Waals surface area (Å²) in [6, 6.07) is 12.0. The standard InChI is InChI=1S/C25H27NO6/c1-6-18-7-9-19(10-8-18)24(27)17(4)31-25(28)20-11-12-22(23(13-20)29-5)30-14-21-15(2)26-32-16(21)3/h7-13,17H,6,14H2,1-5H3/t17-/m1/s1. The lowest BCUT2D eigenvalue weighted by atomic mass is 10.0. The Bertz CT molecular complexity index is 1080. The highest BCUT2D eigenvalue weighted by atomic mass is 16.5. The number of nitrogens with zero attached hydrogens (tertiary/aromatic N) is 1. The van der Waals surface area contributed by atoms with E-state index in [2.05, 4.69) is 5.16 Å². The lowest BCUT2D eigenvalue weighted by Gasteiger charge is -2.14. The molecular formula is C25H27NO6. The number of esters is 1. The molecule has 0 fully saturated rings. The highest BCUT2D eigenvalue weighted by Gasteiger charge is 2.21. The Morgan fingerprint density at radius 3 is 2.31 bits per heavy atom. The zero-order chi connectivity index (χ0) is 23.3. The largest absolute Gasteiger partial charge is 0.493 e. The van der Waals surface area contributed by atoms with Gasteiger partial charge in [-0.05, 0) is 51.0 Å². The van der Waals surface area contributed by atoms with E-state index in [0.29, 0.717) is 22.8 Å². The van der Waals surface area contributed by atoms with Gasteiger partial charge in [0.05, 0.1) is 23.9 Å². The SMILES string of the molecule is CCc1ccc(C(=O)[C@@H](C)OC(=O)c2ccc(OCc3c(C)noc3C)c(OC)c2)cc1. The summed E-state index contributed by atoms with van der Waals surface area (Å²) < 4.78 is 21.7. The van der Waals surface area contributed by atoms with E-state index in [9.17, 15) is 9.59 Å². The van der Waals surface area contributed by atoms with Crippen molar-refractivity contribution in [1.29, 1.82) is 0 Å². The van der Waals surface area contributed by atoms with Crippen LogP contribution in [0.4, 0.5) is 0 Å². The Hall–Kier alpha value is -3.61. The monoisotopic (exact) mass is 437 g/mol. The van der Waals surface area contributed by atoms with E-state index in [0.717, 1.165) is 23.2 Å². The Morgan fingerprint density at radius 2 is 1.72 bits per heavy atom. The van der Waals surface area contributed by atoms with Crippen molar-refractivity contribution < 1.29 is 28.3 Å². The summed E-state index contributed by atoms with van der Waals surface area (Å²) >= 11 is 0. The summed E-state index contributed by atoms with van der Waals surface area (Å²) in [5, 5.41) is 3.91. The molecular weight excluding hydrogens is 410 g/mol. The number of methoxy groups -OCH3 is 1. The maximum atomic E-state index is 12.6. The number of benzene rings is 2. The van der Waals surface area contributed by atoms with Crippen LogP contribution >= 0.6 is 0 Å². The minimum absolute atomic E-state index is 0.254. The Kier molecular flexibility index (Phi) is 7.30. The zero-order valence-electron chi connectivity index (χ0n) is 18.9. The first kappa shape index (κ1) is 23.1. The van der Waals surface area contributed by atoms with Gasteiger partial charge >= 0.3 is 5.97 Å². The first-order valence-corrected chi connectivity index (χ1v) is 10.4. The van der Waals surface area contributed by atoms with Gasteiger partial charge in [-0.2, -0.15) is 0 Å². The van der Waals surface area contributed by atoms with Crippen LogP contribution < -0.4 is 9.47 Å². The normalized spacial score (nSPS) is 11.7. The number of ketones is 1. The molecule has 3 aromatic rings. The fourth-order valence-electron chi connectivity index (χ4n) is 3.19. The van der Waals surface area contributed by atoms with E-state index in [1.54, 1.807) is 31.2 Å². The van der Waals surface area contributed by atoms with Crippen molar-refractivity contribution in [3.63, 3.8) is 0 Å². The minimum atomic E-state index is -0.920. The molecule has 0 aliphatic rings. The van der Waals surface area contributed by atoms with Crippen LogP contribution in [0.2, 0.25) is 0 Å². The number of aromatic nitrogens is 1. The van der Waals surface area contributed by atoms with Gasteiger partial charge in [0.1, 0.15) is 12.4 Å². The van der Waals surface area contributed by atoms with E-state index >= 15 is 0 Å². The molecule has 2 aromatic carbocycles. The van der Waals surface area contributed by atoms with Crippen LogP contribution in [-0.2, 0) is 17.8 Å². The van der Waals surface area contributed by atoms with Crippen LogP contribution in [0.1, 0.15) is 57.1 Å². The predicted molar refractivity (Wildman–Crippen MR) is 118 cm³/mol. The van der Waals surface area contributed by atoms with Crippen molar-refractivity contribution in [3.05, 3.63) is 76.2 Å². The van der Waals surface area contributed by atoms with Gasteiger partial charge in [0, 0.05) is 5.56 Å². The first-order chi connectivity index (χ1) is 15.3. The van der Waals surface area contributed by atoms with Crippen molar-refractivity contribution in [2.75, 3.05) is 7.11 Å².